The molecule has 0 radical (unpaired) electrons. The second-order valence-electron chi connectivity index (χ2n) is 9.05. The Hall–Kier alpha value is -1.78. The molecule has 1 aliphatic rings. The number of halogens is 3. The van der Waals surface area contributed by atoms with Crippen LogP contribution in [0.1, 0.15) is 64.4 Å². The average Bonchev–Trinajstić information content (AvgIpc) is 2.77. The van der Waals surface area contributed by atoms with Gasteiger partial charge in [0.25, 0.3) is 0 Å². The summed E-state index contributed by atoms with van der Waals surface area (Å²) in [5, 5.41) is 0. The first-order chi connectivity index (χ1) is 13.5. The first kappa shape index (κ1) is 24.5. The van der Waals surface area contributed by atoms with E-state index < -0.39 is 47.2 Å². The SMILES string of the molecule is COCOc1c(B2OC(C)(C)C(C)(C)O2)ccc(C(F)(F)F)c1C(=O)OC(C)(C)C. The molecule has 1 saturated heterocycles. The topological polar surface area (TPSA) is 63.2 Å². The minimum atomic E-state index is -4.81. The van der Waals surface area contributed by atoms with Crippen molar-refractivity contribution >= 4 is 18.6 Å². The van der Waals surface area contributed by atoms with Crippen molar-refractivity contribution in [3.63, 3.8) is 0 Å². The van der Waals surface area contributed by atoms with Crippen molar-refractivity contribution < 1.29 is 41.5 Å². The molecule has 0 aromatic heterocycles. The number of carbonyl (C=O) groups is 1. The van der Waals surface area contributed by atoms with Gasteiger partial charge >= 0.3 is 19.3 Å². The van der Waals surface area contributed by atoms with Gasteiger partial charge in [-0.3, -0.25) is 0 Å². The van der Waals surface area contributed by atoms with Crippen LogP contribution in [0, 0.1) is 0 Å². The van der Waals surface area contributed by atoms with Gasteiger partial charge in [-0.25, -0.2) is 4.79 Å². The molecule has 0 aliphatic carbocycles. The standard InChI is InChI=1S/C20H28BF3O6/c1-17(2,3)28-16(25)14-12(20(22,23)24)9-10-13(15(14)27-11-26-8)21-29-18(4,5)19(6,7)30-21/h9-10H,11H2,1-8H3. The average molecular weight is 432 g/mol. The fourth-order valence-corrected chi connectivity index (χ4v) is 2.80. The van der Waals surface area contributed by atoms with Gasteiger partial charge in [0.1, 0.15) is 16.9 Å². The van der Waals surface area contributed by atoms with E-state index in [0.29, 0.717) is 0 Å². The van der Waals surface area contributed by atoms with E-state index in [1.165, 1.54) is 13.2 Å². The van der Waals surface area contributed by atoms with Crippen LogP contribution in [0.4, 0.5) is 13.2 Å². The molecule has 10 heteroatoms. The highest BCUT2D eigenvalue weighted by Gasteiger charge is 2.53. The zero-order valence-electron chi connectivity index (χ0n) is 18.5. The van der Waals surface area contributed by atoms with Gasteiger partial charge in [0.15, 0.2) is 6.79 Å². The highest BCUT2D eigenvalue weighted by Crippen LogP contribution is 2.40. The molecular formula is C20H28BF3O6. The Morgan fingerprint density at radius 1 is 1.07 bits per heavy atom. The fourth-order valence-electron chi connectivity index (χ4n) is 2.80. The van der Waals surface area contributed by atoms with E-state index >= 15 is 0 Å². The van der Waals surface area contributed by atoms with E-state index in [2.05, 4.69) is 0 Å². The maximum atomic E-state index is 13.7. The zero-order chi connectivity index (χ0) is 23.1. The van der Waals surface area contributed by atoms with Crippen LogP contribution in [0.3, 0.4) is 0 Å². The lowest BCUT2D eigenvalue weighted by Crippen LogP contribution is -2.41. The van der Waals surface area contributed by atoms with Crippen LogP contribution >= 0.6 is 0 Å². The summed E-state index contributed by atoms with van der Waals surface area (Å²) in [6.45, 7) is 11.5. The van der Waals surface area contributed by atoms with Crippen molar-refractivity contribution in [2.45, 2.75) is 71.4 Å². The number of benzene rings is 1. The molecule has 0 amide bonds. The molecule has 1 aliphatic heterocycles. The van der Waals surface area contributed by atoms with Crippen molar-refractivity contribution in [3.05, 3.63) is 23.3 Å². The molecule has 1 aromatic carbocycles. The van der Waals surface area contributed by atoms with E-state index in [9.17, 15) is 18.0 Å². The van der Waals surface area contributed by atoms with Crippen LogP contribution in [0.5, 0.6) is 5.75 Å². The highest BCUT2D eigenvalue weighted by molar-refractivity contribution is 6.63. The van der Waals surface area contributed by atoms with Gasteiger partial charge in [-0.1, -0.05) is 6.07 Å². The molecule has 30 heavy (non-hydrogen) atoms. The van der Waals surface area contributed by atoms with Crippen molar-refractivity contribution in [3.8, 4) is 5.75 Å². The van der Waals surface area contributed by atoms with Gasteiger partial charge in [0, 0.05) is 12.6 Å². The second-order valence-corrected chi connectivity index (χ2v) is 9.05. The third-order valence-electron chi connectivity index (χ3n) is 4.92. The van der Waals surface area contributed by atoms with Crippen LogP contribution in [0.25, 0.3) is 0 Å². The van der Waals surface area contributed by atoms with Crippen LogP contribution in [-0.2, 0) is 25.0 Å². The molecule has 1 fully saturated rings. The summed E-state index contributed by atoms with van der Waals surface area (Å²) in [6.07, 6.45) is -4.81. The first-order valence-electron chi connectivity index (χ1n) is 9.45. The number of hydrogen-bond donors (Lipinski definition) is 0. The van der Waals surface area contributed by atoms with Crippen molar-refractivity contribution in [2.75, 3.05) is 13.9 Å². The molecule has 168 valence electrons. The number of alkyl halides is 3. The Bertz CT molecular complexity index is 783. The lowest BCUT2D eigenvalue weighted by atomic mass is 9.76. The van der Waals surface area contributed by atoms with E-state index in [4.69, 9.17) is 23.5 Å². The number of hydrogen-bond acceptors (Lipinski definition) is 6. The van der Waals surface area contributed by atoms with Crippen LogP contribution in [0.2, 0.25) is 0 Å². The van der Waals surface area contributed by atoms with Gasteiger partial charge in [-0.05, 0) is 54.5 Å². The van der Waals surface area contributed by atoms with E-state index in [1.54, 1.807) is 20.8 Å². The largest absolute Gasteiger partial charge is 0.498 e. The number of esters is 1. The quantitative estimate of drug-likeness (QED) is 0.399. The molecule has 2 rings (SSSR count). The second kappa shape index (κ2) is 8.05. The van der Waals surface area contributed by atoms with Gasteiger partial charge in [0.2, 0.25) is 0 Å². The monoisotopic (exact) mass is 432 g/mol. The summed E-state index contributed by atoms with van der Waals surface area (Å²) in [5.41, 5.74) is -4.29. The summed E-state index contributed by atoms with van der Waals surface area (Å²) in [6, 6.07) is 1.99. The van der Waals surface area contributed by atoms with Gasteiger partial charge in [-0.2, -0.15) is 13.2 Å². The number of ether oxygens (including phenoxy) is 3. The van der Waals surface area contributed by atoms with Crippen molar-refractivity contribution in [1.29, 1.82) is 0 Å². The predicted molar refractivity (Wildman–Crippen MR) is 105 cm³/mol. The molecule has 0 saturated carbocycles. The molecular weight excluding hydrogens is 404 g/mol. The smallest absolute Gasteiger partial charge is 0.467 e. The van der Waals surface area contributed by atoms with Crippen LogP contribution < -0.4 is 10.2 Å². The van der Waals surface area contributed by atoms with E-state index in [0.717, 1.165) is 6.07 Å². The predicted octanol–water partition coefficient (Wildman–Crippen LogP) is 3.94. The van der Waals surface area contributed by atoms with Gasteiger partial charge in [-0.15, -0.1) is 0 Å². The third-order valence-corrected chi connectivity index (χ3v) is 4.92. The Balaban J connectivity index is 2.70. The maximum Gasteiger partial charge on any atom is 0.498 e. The van der Waals surface area contributed by atoms with E-state index in [1.807, 2.05) is 27.7 Å². The molecule has 0 unspecified atom stereocenters. The number of rotatable bonds is 5. The highest BCUT2D eigenvalue weighted by atomic mass is 19.4. The lowest BCUT2D eigenvalue weighted by Gasteiger charge is -2.32. The summed E-state index contributed by atoms with van der Waals surface area (Å²) < 4.78 is 68.7. The van der Waals surface area contributed by atoms with E-state index in [-0.39, 0.29) is 18.0 Å². The third kappa shape index (κ3) is 5.10. The van der Waals surface area contributed by atoms with Gasteiger partial charge < -0.3 is 23.5 Å². The zero-order valence-corrected chi connectivity index (χ0v) is 18.5. The van der Waals surface area contributed by atoms with Crippen molar-refractivity contribution in [2.24, 2.45) is 0 Å². The maximum absolute atomic E-state index is 13.7. The molecule has 0 spiro atoms. The van der Waals surface area contributed by atoms with Crippen LogP contribution in [0.15, 0.2) is 12.1 Å². The Morgan fingerprint density at radius 2 is 1.60 bits per heavy atom. The number of carbonyl (C=O) groups excluding carboxylic acids is 1. The lowest BCUT2D eigenvalue weighted by molar-refractivity contribution is -0.138. The minimum absolute atomic E-state index is 0.138. The molecule has 0 bridgehead atoms. The summed E-state index contributed by atoms with van der Waals surface area (Å²) in [4.78, 5) is 12.8. The molecule has 1 aromatic rings. The summed E-state index contributed by atoms with van der Waals surface area (Å²) in [7, 11) is 0.264. The van der Waals surface area contributed by atoms with Crippen LogP contribution in [-0.4, -0.2) is 43.8 Å². The molecule has 0 N–H and O–H groups in total. The summed E-state index contributed by atoms with van der Waals surface area (Å²) >= 11 is 0. The molecule has 0 atom stereocenters. The van der Waals surface area contributed by atoms with Crippen molar-refractivity contribution in [1.82, 2.24) is 0 Å². The summed E-state index contributed by atoms with van der Waals surface area (Å²) in [5.74, 6) is -1.52. The normalized spacial score (nSPS) is 18.4. The Morgan fingerprint density at radius 3 is 2.03 bits per heavy atom. The molecule has 1 heterocycles. The molecule has 6 nitrogen and oxygen atoms in total. The fraction of sp³-hybridized carbons (Fsp3) is 0.650. The number of methoxy groups -OCH3 is 1. The Kier molecular flexibility index (Phi) is 6.57. The Labute approximate surface area is 175 Å². The first-order valence-corrected chi connectivity index (χ1v) is 9.45. The minimum Gasteiger partial charge on any atom is -0.467 e. The van der Waals surface area contributed by atoms with Gasteiger partial charge in [0.05, 0.1) is 16.8 Å².